The second-order valence-electron chi connectivity index (χ2n) is 4.19. The highest BCUT2D eigenvalue weighted by Gasteiger charge is 2.02. The van der Waals surface area contributed by atoms with Crippen molar-refractivity contribution >= 4 is 5.82 Å². The molecule has 1 heterocycles. The van der Waals surface area contributed by atoms with Crippen molar-refractivity contribution < 1.29 is 0 Å². The van der Waals surface area contributed by atoms with Crippen LogP contribution in [0.3, 0.4) is 0 Å². The van der Waals surface area contributed by atoms with Crippen LogP contribution in [0.1, 0.15) is 19.5 Å². The third-order valence-electron chi connectivity index (χ3n) is 2.28. The Morgan fingerprint density at radius 2 is 2.25 bits per heavy atom. The van der Waals surface area contributed by atoms with E-state index in [1.54, 1.807) is 0 Å². The van der Waals surface area contributed by atoms with Crippen molar-refractivity contribution in [1.29, 1.82) is 0 Å². The van der Waals surface area contributed by atoms with E-state index in [4.69, 9.17) is 0 Å². The lowest BCUT2D eigenvalue weighted by Gasteiger charge is -2.17. The zero-order chi connectivity index (χ0) is 12.0. The van der Waals surface area contributed by atoms with Crippen molar-refractivity contribution in [1.82, 2.24) is 10.3 Å². The van der Waals surface area contributed by atoms with Crippen LogP contribution in [-0.4, -0.2) is 24.6 Å². The Balaban J connectivity index is 2.66. The summed E-state index contributed by atoms with van der Waals surface area (Å²) in [6, 6.07) is 6.58. The second kappa shape index (κ2) is 6.28. The quantitative estimate of drug-likeness (QED) is 0.743. The van der Waals surface area contributed by atoms with Crippen LogP contribution in [0.25, 0.3) is 0 Å². The maximum Gasteiger partial charge on any atom is 0.128 e. The number of pyridine rings is 1. The van der Waals surface area contributed by atoms with Gasteiger partial charge in [0.25, 0.3) is 0 Å². The summed E-state index contributed by atoms with van der Waals surface area (Å²) >= 11 is 0. The molecule has 0 saturated heterocycles. The summed E-state index contributed by atoms with van der Waals surface area (Å²) in [5, 5.41) is 3.36. The zero-order valence-electron chi connectivity index (χ0n) is 10.4. The van der Waals surface area contributed by atoms with Gasteiger partial charge < -0.3 is 10.2 Å². The molecule has 16 heavy (non-hydrogen) atoms. The summed E-state index contributed by atoms with van der Waals surface area (Å²) in [6.45, 7) is 9.62. The van der Waals surface area contributed by atoms with Crippen molar-refractivity contribution in [2.45, 2.75) is 26.4 Å². The first kappa shape index (κ1) is 12.7. The molecule has 0 bridgehead atoms. The summed E-state index contributed by atoms with van der Waals surface area (Å²) in [6.07, 6.45) is 1.88. The van der Waals surface area contributed by atoms with Gasteiger partial charge in [-0.3, -0.25) is 0 Å². The Kier molecular flexibility index (Phi) is 4.99. The Bertz CT molecular complexity index is 334. The topological polar surface area (TPSA) is 28.2 Å². The Morgan fingerprint density at radius 3 is 2.88 bits per heavy atom. The van der Waals surface area contributed by atoms with Gasteiger partial charge in [0.1, 0.15) is 5.82 Å². The highest BCUT2D eigenvalue weighted by Crippen LogP contribution is 2.09. The number of rotatable bonds is 6. The second-order valence-corrected chi connectivity index (χ2v) is 4.19. The van der Waals surface area contributed by atoms with Crippen LogP contribution >= 0.6 is 0 Å². The third kappa shape index (κ3) is 4.03. The molecule has 0 amide bonds. The summed E-state index contributed by atoms with van der Waals surface area (Å²) in [5.41, 5.74) is 1.07. The fraction of sp³-hybridized carbons (Fsp3) is 0.462. The number of hydrogen-bond acceptors (Lipinski definition) is 3. The van der Waals surface area contributed by atoms with Crippen LogP contribution in [0, 0.1) is 0 Å². The first-order valence-electron chi connectivity index (χ1n) is 5.65. The molecule has 1 N–H and O–H groups in total. The van der Waals surface area contributed by atoms with Crippen LogP contribution in [0.2, 0.25) is 0 Å². The predicted octanol–water partition coefficient (Wildman–Crippen LogP) is 2.20. The molecular formula is C13H21N3. The highest BCUT2D eigenvalue weighted by atomic mass is 15.2. The van der Waals surface area contributed by atoms with Gasteiger partial charge in [0, 0.05) is 26.2 Å². The van der Waals surface area contributed by atoms with Gasteiger partial charge in [0.2, 0.25) is 0 Å². The van der Waals surface area contributed by atoms with E-state index in [-0.39, 0.29) is 0 Å². The van der Waals surface area contributed by atoms with Gasteiger partial charge in [-0.05, 0) is 12.1 Å². The molecule has 0 spiro atoms. The van der Waals surface area contributed by atoms with Gasteiger partial charge in [-0.15, -0.1) is 6.58 Å². The number of nitrogens with zero attached hydrogens (tertiary/aromatic N) is 2. The van der Waals surface area contributed by atoms with Crippen LogP contribution in [0.4, 0.5) is 5.82 Å². The first-order chi connectivity index (χ1) is 7.63. The van der Waals surface area contributed by atoms with E-state index in [1.807, 2.05) is 31.3 Å². The van der Waals surface area contributed by atoms with Crippen LogP contribution in [-0.2, 0) is 6.54 Å². The van der Waals surface area contributed by atoms with E-state index in [2.05, 4.69) is 35.6 Å². The minimum absolute atomic E-state index is 0.483. The highest BCUT2D eigenvalue weighted by molar-refractivity contribution is 5.38. The molecule has 3 nitrogen and oxygen atoms in total. The van der Waals surface area contributed by atoms with Crippen molar-refractivity contribution in [3.63, 3.8) is 0 Å². The van der Waals surface area contributed by atoms with E-state index in [1.165, 1.54) is 0 Å². The molecule has 0 aliphatic rings. The average Bonchev–Trinajstić information content (AvgIpc) is 2.27. The van der Waals surface area contributed by atoms with Crippen molar-refractivity contribution in [3.05, 3.63) is 36.5 Å². The van der Waals surface area contributed by atoms with Crippen molar-refractivity contribution in [2.75, 3.05) is 18.5 Å². The normalized spacial score (nSPS) is 10.5. The lowest BCUT2D eigenvalue weighted by molar-refractivity contribution is 0.581. The maximum atomic E-state index is 4.58. The molecule has 0 unspecified atom stereocenters. The standard InChI is InChI=1S/C13H21N3/c1-5-9-16(4)13-8-6-7-12(15-13)10-14-11(2)3/h5-8,11,14H,1,9-10H2,2-4H3. The van der Waals surface area contributed by atoms with E-state index in [9.17, 15) is 0 Å². The van der Waals surface area contributed by atoms with Crippen LogP contribution in [0.15, 0.2) is 30.9 Å². The van der Waals surface area contributed by atoms with Crippen LogP contribution in [0.5, 0.6) is 0 Å². The third-order valence-corrected chi connectivity index (χ3v) is 2.28. The monoisotopic (exact) mass is 219 g/mol. The smallest absolute Gasteiger partial charge is 0.128 e. The number of aromatic nitrogens is 1. The van der Waals surface area contributed by atoms with E-state index in [0.29, 0.717) is 6.04 Å². The fourth-order valence-electron chi connectivity index (χ4n) is 1.37. The van der Waals surface area contributed by atoms with Gasteiger partial charge >= 0.3 is 0 Å². The Labute approximate surface area is 98.2 Å². The summed E-state index contributed by atoms with van der Waals surface area (Å²) in [5.74, 6) is 0.989. The lowest BCUT2D eigenvalue weighted by atomic mass is 10.3. The molecule has 0 aliphatic carbocycles. The van der Waals surface area contributed by atoms with Crippen LogP contribution < -0.4 is 10.2 Å². The van der Waals surface area contributed by atoms with E-state index < -0.39 is 0 Å². The summed E-state index contributed by atoms with van der Waals surface area (Å²) in [7, 11) is 2.02. The van der Waals surface area contributed by atoms with Crippen molar-refractivity contribution in [3.8, 4) is 0 Å². The van der Waals surface area contributed by atoms with Crippen molar-refractivity contribution in [2.24, 2.45) is 0 Å². The molecule has 0 atom stereocenters. The summed E-state index contributed by atoms with van der Waals surface area (Å²) < 4.78 is 0. The lowest BCUT2D eigenvalue weighted by Crippen LogP contribution is -2.23. The van der Waals surface area contributed by atoms with Gasteiger partial charge in [-0.2, -0.15) is 0 Å². The molecule has 0 saturated carbocycles. The van der Waals surface area contributed by atoms with Gasteiger partial charge in [0.15, 0.2) is 0 Å². The minimum Gasteiger partial charge on any atom is -0.356 e. The number of likely N-dealkylation sites (N-methyl/N-ethyl adjacent to an activating group) is 1. The fourth-order valence-corrected chi connectivity index (χ4v) is 1.37. The number of hydrogen-bond donors (Lipinski definition) is 1. The predicted molar refractivity (Wildman–Crippen MR) is 69.7 cm³/mol. The molecule has 0 aliphatic heterocycles. The molecule has 1 aromatic rings. The SMILES string of the molecule is C=CCN(C)c1cccc(CNC(C)C)n1. The van der Waals surface area contributed by atoms with Gasteiger partial charge in [0.05, 0.1) is 5.69 Å². The Hall–Kier alpha value is -1.35. The summed E-state index contributed by atoms with van der Waals surface area (Å²) in [4.78, 5) is 6.65. The number of nitrogens with one attached hydrogen (secondary N) is 1. The Morgan fingerprint density at radius 1 is 1.50 bits per heavy atom. The van der Waals surface area contributed by atoms with E-state index in [0.717, 1.165) is 24.6 Å². The van der Waals surface area contributed by atoms with E-state index >= 15 is 0 Å². The average molecular weight is 219 g/mol. The molecule has 1 rings (SSSR count). The molecule has 0 fully saturated rings. The molecular weight excluding hydrogens is 198 g/mol. The molecule has 1 aromatic heterocycles. The molecule has 88 valence electrons. The minimum atomic E-state index is 0.483. The zero-order valence-corrected chi connectivity index (χ0v) is 10.4. The van der Waals surface area contributed by atoms with Gasteiger partial charge in [-0.25, -0.2) is 4.98 Å². The first-order valence-corrected chi connectivity index (χ1v) is 5.65. The molecule has 0 aromatic carbocycles. The number of anilines is 1. The van der Waals surface area contributed by atoms with Gasteiger partial charge in [-0.1, -0.05) is 26.0 Å². The molecule has 0 radical (unpaired) electrons. The maximum absolute atomic E-state index is 4.58. The largest absolute Gasteiger partial charge is 0.356 e. The molecule has 3 heteroatoms.